The average Bonchev–Trinajstić information content (AvgIpc) is 2.26. The van der Waals surface area contributed by atoms with Crippen LogP contribution >= 0.6 is 0 Å². The molecule has 2 heteroatoms. The molecule has 2 N–H and O–H groups in total. The number of hydrogen-bond acceptors (Lipinski definition) is 2. The average molecular weight is 213 g/mol. The summed E-state index contributed by atoms with van der Waals surface area (Å²) in [5.74, 6) is 1.69. The summed E-state index contributed by atoms with van der Waals surface area (Å²) in [6, 6.07) is 0.948. The maximum absolute atomic E-state index is 9.17. The summed E-state index contributed by atoms with van der Waals surface area (Å²) in [5.41, 5.74) is 0. The molecule has 90 valence electrons. The van der Waals surface area contributed by atoms with E-state index in [4.69, 9.17) is 5.11 Å². The summed E-state index contributed by atoms with van der Waals surface area (Å²) < 4.78 is 0. The van der Waals surface area contributed by atoms with Crippen molar-refractivity contribution < 1.29 is 5.11 Å². The quantitative estimate of drug-likeness (QED) is 0.735. The van der Waals surface area contributed by atoms with E-state index in [1.165, 1.54) is 25.7 Å². The smallest absolute Gasteiger partial charge is 0.0584 e. The van der Waals surface area contributed by atoms with Gasteiger partial charge in [0.15, 0.2) is 0 Å². The Kier molecular flexibility index (Phi) is 5.62. The maximum Gasteiger partial charge on any atom is 0.0584 e. The van der Waals surface area contributed by atoms with Gasteiger partial charge in [0.05, 0.1) is 6.61 Å². The van der Waals surface area contributed by atoms with E-state index >= 15 is 0 Å². The molecule has 0 spiro atoms. The Bertz CT molecular complexity index is 164. The normalized spacial score (nSPS) is 29.4. The highest BCUT2D eigenvalue weighted by Crippen LogP contribution is 2.30. The summed E-state index contributed by atoms with van der Waals surface area (Å²) in [6.07, 6.45) is 6.36. The number of aliphatic hydroxyl groups excluding tert-OH is 1. The largest absolute Gasteiger partial charge is 0.395 e. The van der Waals surface area contributed by atoms with Crippen molar-refractivity contribution in [2.45, 2.75) is 65.0 Å². The lowest BCUT2D eigenvalue weighted by atomic mass is 9.79. The van der Waals surface area contributed by atoms with Crippen LogP contribution in [0.15, 0.2) is 0 Å². The van der Waals surface area contributed by atoms with E-state index in [0.29, 0.717) is 12.1 Å². The maximum atomic E-state index is 9.17. The molecule has 1 rings (SSSR count). The van der Waals surface area contributed by atoms with Gasteiger partial charge in [0.1, 0.15) is 0 Å². The monoisotopic (exact) mass is 213 g/mol. The second-order valence-corrected chi connectivity index (χ2v) is 5.32. The van der Waals surface area contributed by atoms with Crippen LogP contribution in [-0.2, 0) is 0 Å². The van der Waals surface area contributed by atoms with Crippen molar-refractivity contribution in [1.29, 1.82) is 0 Å². The Labute approximate surface area is 94.5 Å². The third-order valence-corrected chi connectivity index (χ3v) is 3.84. The van der Waals surface area contributed by atoms with Crippen molar-refractivity contribution in [3.05, 3.63) is 0 Å². The van der Waals surface area contributed by atoms with E-state index in [-0.39, 0.29) is 6.61 Å². The van der Waals surface area contributed by atoms with Gasteiger partial charge >= 0.3 is 0 Å². The molecule has 0 radical (unpaired) electrons. The van der Waals surface area contributed by atoms with Gasteiger partial charge in [-0.15, -0.1) is 0 Å². The Balaban J connectivity index is 2.35. The molecule has 0 aromatic rings. The summed E-state index contributed by atoms with van der Waals surface area (Å²) in [7, 11) is 0. The minimum Gasteiger partial charge on any atom is -0.395 e. The number of hydrogen-bond donors (Lipinski definition) is 2. The van der Waals surface area contributed by atoms with Crippen LogP contribution < -0.4 is 5.32 Å². The zero-order chi connectivity index (χ0) is 11.3. The molecule has 0 aromatic carbocycles. The molecule has 0 heterocycles. The van der Waals surface area contributed by atoms with Gasteiger partial charge in [-0.25, -0.2) is 0 Å². The zero-order valence-electron chi connectivity index (χ0n) is 10.5. The fraction of sp³-hybridized carbons (Fsp3) is 1.00. The first-order valence-electron chi connectivity index (χ1n) is 6.54. The number of nitrogens with one attached hydrogen (secondary N) is 1. The molecule has 0 saturated heterocycles. The molecule has 3 atom stereocenters. The van der Waals surface area contributed by atoms with Gasteiger partial charge in [0.25, 0.3) is 0 Å². The van der Waals surface area contributed by atoms with Gasteiger partial charge in [-0.3, -0.25) is 0 Å². The van der Waals surface area contributed by atoms with Crippen LogP contribution in [-0.4, -0.2) is 23.8 Å². The lowest BCUT2D eigenvalue weighted by Crippen LogP contribution is -2.43. The van der Waals surface area contributed by atoms with Gasteiger partial charge in [0, 0.05) is 12.1 Å². The number of rotatable bonds is 5. The van der Waals surface area contributed by atoms with Crippen molar-refractivity contribution in [3.8, 4) is 0 Å². The molecule has 15 heavy (non-hydrogen) atoms. The van der Waals surface area contributed by atoms with Crippen LogP contribution in [0.5, 0.6) is 0 Å². The second kappa shape index (κ2) is 6.49. The van der Waals surface area contributed by atoms with Crippen LogP contribution in [0.3, 0.4) is 0 Å². The van der Waals surface area contributed by atoms with Crippen molar-refractivity contribution in [2.24, 2.45) is 11.8 Å². The minimum atomic E-state index is 0.277. The van der Waals surface area contributed by atoms with E-state index in [1.807, 2.05) is 0 Å². The minimum absolute atomic E-state index is 0.277. The van der Waals surface area contributed by atoms with Crippen LogP contribution in [0, 0.1) is 11.8 Å². The van der Waals surface area contributed by atoms with E-state index in [9.17, 15) is 0 Å². The van der Waals surface area contributed by atoms with Gasteiger partial charge in [0.2, 0.25) is 0 Å². The van der Waals surface area contributed by atoms with Crippen molar-refractivity contribution in [2.75, 3.05) is 6.61 Å². The van der Waals surface area contributed by atoms with Crippen molar-refractivity contribution in [3.63, 3.8) is 0 Å². The molecule has 2 unspecified atom stereocenters. The molecule has 1 aliphatic carbocycles. The molecular weight excluding hydrogens is 186 g/mol. The second-order valence-electron chi connectivity index (χ2n) is 5.32. The highest BCUT2D eigenvalue weighted by molar-refractivity contribution is 4.81. The highest BCUT2D eigenvalue weighted by Gasteiger charge is 2.24. The van der Waals surface area contributed by atoms with E-state index in [2.05, 4.69) is 26.1 Å². The number of aliphatic hydroxyl groups is 1. The molecule has 0 amide bonds. The Hall–Kier alpha value is -0.0800. The van der Waals surface area contributed by atoms with E-state index < -0.39 is 0 Å². The molecule has 2 nitrogen and oxygen atoms in total. The zero-order valence-corrected chi connectivity index (χ0v) is 10.5. The fourth-order valence-electron chi connectivity index (χ4n) is 2.62. The van der Waals surface area contributed by atoms with Crippen molar-refractivity contribution in [1.82, 2.24) is 5.32 Å². The first-order valence-corrected chi connectivity index (χ1v) is 6.54. The Morgan fingerprint density at radius 1 is 1.33 bits per heavy atom. The predicted octanol–water partition coefficient (Wildman–Crippen LogP) is 2.56. The van der Waals surface area contributed by atoms with Gasteiger partial charge in [-0.2, -0.15) is 0 Å². The Morgan fingerprint density at radius 3 is 2.60 bits per heavy atom. The summed E-state index contributed by atoms with van der Waals surface area (Å²) in [6.45, 7) is 7.07. The van der Waals surface area contributed by atoms with E-state index in [1.54, 1.807) is 0 Å². The first-order chi connectivity index (χ1) is 7.17. The lowest BCUT2D eigenvalue weighted by Gasteiger charge is -2.34. The van der Waals surface area contributed by atoms with Crippen molar-refractivity contribution >= 4 is 0 Å². The lowest BCUT2D eigenvalue weighted by molar-refractivity contribution is 0.184. The summed E-state index contributed by atoms with van der Waals surface area (Å²) in [4.78, 5) is 0. The SMILES string of the molecule is CC[C@@H](CO)NC1CCCC(C(C)C)C1. The van der Waals surface area contributed by atoms with Crippen LogP contribution in [0.4, 0.5) is 0 Å². The van der Waals surface area contributed by atoms with Crippen LogP contribution in [0.25, 0.3) is 0 Å². The Morgan fingerprint density at radius 2 is 2.07 bits per heavy atom. The van der Waals surface area contributed by atoms with E-state index in [0.717, 1.165) is 18.3 Å². The first kappa shape index (κ1) is 13.0. The molecule has 1 saturated carbocycles. The predicted molar refractivity (Wildman–Crippen MR) is 64.9 cm³/mol. The van der Waals surface area contributed by atoms with Gasteiger partial charge in [-0.1, -0.05) is 33.6 Å². The van der Waals surface area contributed by atoms with Crippen LogP contribution in [0.1, 0.15) is 52.9 Å². The molecular formula is C13H27NO. The van der Waals surface area contributed by atoms with Gasteiger partial charge in [-0.05, 0) is 31.1 Å². The van der Waals surface area contributed by atoms with Gasteiger partial charge < -0.3 is 10.4 Å². The molecule has 1 aliphatic rings. The fourth-order valence-corrected chi connectivity index (χ4v) is 2.62. The standard InChI is InChI=1S/C13H27NO/c1-4-12(9-15)14-13-7-5-6-11(8-13)10(2)3/h10-15H,4-9H2,1-3H3/t11?,12-,13?/m0/s1. The molecule has 1 fully saturated rings. The third-order valence-electron chi connectivity index (χ3n) is 3.84. The third kappa shape index (κ3) is 4.12. The molecule has 0 aliphatic heterocycles. The molecule has 0 aromatic heterocycles. The van der Waals surface area contributed by atoms with Crippen LogP contribution in [0.2, 0.25) is 0 Å². The summed E-state index contributed by atoms with van der Waals surface area (Å²) >= 11 is 0. The highest BCUT2D eigenvalue weighted by atomic mass is 16.3. The topological polar surface area (TPSA) is 32.3 Å². The molecule has 0 bridgehead atoms. The summed E-state index contributed by atoms with van der Waals surface area (Å²) in [5, 5.41) is 12.8.